The summed E-state index contributed by atoms with van der Waals surface area (Å²) in [6, 6.07) is 2.53. The number of anilines is 1. The van der Waals surface area contributed by atoms with Gasteiger partial charge < -0.3 is 15.2 Å². The largest absolute Gasteiger partial charge is 0.360 e. The number of carbonyl (C=O) groups is 2. The molecule has 0 radical (unpaired) electrons. The molecule has 0 aromatic carbocycles. The van der Waals surface area contributed by atoms with Crippen LogP contribution < -0.4 is 10.6 Å². The maximum Gasteiger partial charge on any atom is 0.238 e. The topological polar surface area (TPSA) is 87.5 Å². The van der Waals surface area contributed by atoms with Crippen LogP contribution in [0.25, 0.3) is 0 Å². The van der Waals surface area contributed by atoms with Gasteiger partial charge >= 0.3 is 0 Å². The number of rotatable bonds is 10. The predicted octanol–water partition coefficient (Wildman–Crippen LogP) is 2.28. The zero-order valence-electron chi connectivity index (χ0n) is 16.0. The molecule has 2 amide bonds. The van der Waals surface area contributed by atoms with Crippen LogP contribution in [0.5, 0.6) is 0 Å². The molecule has 1 unspecified atom stereocenters. The molecule has 25 heavy (non-hydrogen) atoms. The maximum absolute atomic E-state index is 12.0. The first-order chi connectivity index (χ1) is 11.7. The van der Waals surface area contributed by atoms with Crippen molar-refractivity contribution in [1.82, 2.24) is 15.4 Å². The summed E-state index contributed by atoms with van der Waals surface area (Å²) in [5.41, 5.74) is 0. The first kappa shape index (κ1) is 21.5. The highest BCUT2D eigenvalue weighted by molar-refractivity contribution is 8.01. The van der Waals surface area contributed by atoms with Gasteiger partial charge in [0, 0.05) is 31.2 Å². The van der Waals surface area contributed by atoms with Gasteiger partial charge in [0.1, 0.15) is 5.76 Å². The van der Waals surface area contributed by atoms with Gasteiger partial charge in [-0.05, 0) is 41.5 Å². The second kappa shape index (κ2) is 10.5. The Morgan fingerprint density at radius 2 is 1.88 bits per heavy atom. The second-order valence-corrected chi connectivity index (χ2v) is 7.87. The van der Waals surface area contributed by atoms with Crippen molar-refractivity contribution in [1.29, 1.82) is 0 Å². The molecule has 7 nitrogen and oxygen atoms in total. The molecule has 1 aromatic heterocycles. The fraction of sp³-hybridized carbons (Fsp3) is 0.706. The standard InChI is InChI=1S/C17H30N4O3S/c1-11(2)21(12(3)4)8-7-18-16(22)10-25-14(6)17(23)19-15-9-13(5)24-20-15/h9,11-12,14H,7-8,10H2,1-6H3,(H,18,22)(H,19,20,23). The monoisotopic (exact) mass is 370 g/mol. The number of aryl methyl sites for hydroxylation is 1. The van der Waals surface area contributed by atoms with Crippen molar-refractivity contribution in [3.8, 4) is 0 Å². The summed E-state index contributed by atoms with van der Waals surface area (Å²) in [4.78, 5) is 26.3. The smallest absolute Gasteiger partial charge is 0.238 e. The van der Waals surface area contributed by atoms with E-state index in [1.165, 1.54) is 11.8 Å². The number of nitrogens with one attached hydrogen (secondary N) is 2. The highest BCUT2D eigenvalue weighted by Crippen LogP contribution is 2.14. The third kappa shape index (κ3) is 7.92. The van der Waals surface area contributed by atoms with Crippen LogP contribution in [0.4, 0.5) is 5.82 Å². The van der Waals surface area contributed by atoms with E-state index in [0.29, 0.717) is 30.2 Å². The average Bonchev–Trinajstić information content (AvgIpc) is 2.93. The highest BCUT2D eigenvalue weighted by Gasteiger charge is 2.17. The van der Waals surface area contributed by atoms with Crippen molar-refractivity contribution in [3.63, 3.8) is 0 Å². The van der Waals surface area contributed by atoms with Crippen LogP contribution in [0.15, 0.2) is 10.6 Å². The Hall–Kier alpha value is -1.54. The third-order valence-electron chi connectivity index (χ3n) is 3.73. The van der Waals surface area contributed by atoms with Gasteiger partial charge in [0.2, 0.25) is 11.8 Å². The van der Waals surface area contributed by atoms with E-state index in [1.807, 2.05) is 0 Å². The number of aromatic nitrogens is 1. The zero-order valence-corrected chi connectivity index (χ0v) is 16.8. The van der Waals surface area contributed by atoms with E-state index in [4.69, 9.17) is 4.52 Å². The van der Waals surface area contributed by atoms with E-state index >= 15 is 0 Å². The molecule has 0 saturated carbocycles. The van der Waals surface area contributed by atoms with Crippen molar-refractivity contribution in [2.24, 2.45) is 0 Å². The first-order valence-corrected chi connectivity index (χ1v) is 9.63. The molecule has 0 bridgehead atoms. The summed E-state index contributed by atoms with van der Waals surface area (Å²) >= 11 is 1.29. The van der Waals surface area contributed by atoms with Crippen molar-refractivity contribution in [3.05, 3.63) is 11.8 Å². The lowest BCUT2D eigenvalue weighted by Gasteiger charge is -2.30. The Morgan fingerprint density at radius 3 is 2.40 bits per heavy atom. The van der Waals surface area contributed by atoms with Gasteiger partial charge in [-0.25, -0.2) is 0 Å². The lowest BCUT2D eigenvalue weighted by atomic mass is 10.2. The average molecular weight is 371 g/mol. The number of carbonyl (C=O) groups excluding carboxylic acids is 2. The van der Waals surface area contributed by atoms with Crippen LogP contribution >= 0.6 is 11.8 Å². The molecule has 1 rings (SSSR count). The van der Waals surface area contributed by atoms with Crippen LogP contribution in [0.2, 0.25) is 0 Å². The van der Waals surface area contributed by atoms with E-state index in [1.54, 1.807) is 19.9 Å². The van der Waals surface area contributed by atoms with Crippen molar-refractivity contribution >= 4 is 29.4 Å². The molecule has 0 aliphatic carbocycles. The summed E-state index contributed by atoms with van der Waals surface area (Å²) < 4.78 is 4.90. The molecule has 0 saturated heterocycles. The SMILES string of the molecule is Cc1cc(NC(=O)C(C)SCC(=O)NCCN(C(C)C)C(C)C)no1. The van der Waals surface area contributed by atoms with E-state index in [-0.39, 0.29) is 22.8 Å². The molecule has 1 heterocycles. The summed E-state index contributed by atoms with van der Waals surface area (Å²) in [5.74, 6) is 1.01. The highest BCUT2D eigenvalue weighted by atomic mass is 32.2. The van der Waals surface area contributed by atoms with Gasteiger partial charge in [-0.3, -0.25) is 14.5 Å². The van der Waals surface area contributed by atoms with Gasteiger partial charge in [-0.15, -0.1) is 11.8 Å². The quantitative estimate of drug-likeness (QED) is 0.657. The van der Waals surface area contributed by atoms with E-state index in [0.717, 1.165) is 6.54 Å². The summed E-state index contributed by atoms with van der Waals surface area (Å²) in [5, 5.41) is 8.94. The minimum Gasteiger partial charge on any atom is -0.360 e. The van der Waals surface area contributed by atoms with Crippen molar-refractivity contribution in [2.45, 2.75) is 58.9 Å². The van der Waals surface area contributed by atoms with Gasteiger partial charge in [-0.2, -0.15) is 0 Å². The fourth-order valence-corrected chi connectivity index (χ4v) is 3.13. The molecule has 1 atom stereocenters. The summed E-state index contributed by atoms with van der Waals surface area (Å²) in [6.07, 6.45) is 0. The first-order valence-electron chi connectivity index (χ1n) is 8.59. The number of hydrogen-bond donors (Lipinski definition) is 2. The molecule has 0 aliphatic rings. The van der Waals surface area contributed by atoms with Crippen LogP contribution in [0, 0.1) is 6.92 Å². The molecule has 8 heteroatoms. The number of thioether (sulfide) groups is 1. The van der Waals surface area contributed by atoms with Crippen molar-refractivity contribution in [2.75, 3.05) is 24.2 Å². The predicted molar refractivity (Wildman–Crippen MR) is 102 cm³/mol. The number of nitrogens with zero attached hydrogens (tertiary/aromatic N) is 2. The molecular weight excluding hydrogens is 340 g/mol. The minimum absolute atomic E-state index is 0.0607. The van der Waals surface area contributed by atoms with Gasteiger partial charge in [0.15, 0.2) is 5.82 Å². The van der Waals surface area contributed by atoms with E-state index in [9.17, 15) is 9.59 Å². The molecule has 0 aliphatic heterocycles. The molecule has 0 fully saturated rings. The normalized spacial score (nSPS) is 12.7. The zero-order chi connectivity index (χ0) is 19.0. The molecule has 2 N–H and O–H groups in total. The lowest BCUT2D eigenvalue weighted by Crippen LogP contribution is -2.42. The Kier molecular flexibility index (Phi) is 8.99. The van der Waals surface area contributed by atoms with Crippen molar-refractivity contribution < 1.29 is 14.1 Å². The Labute approximate surface area is 154 Å². The van der Waals surface area contributed by atoms with Crippen LogP contribution in [-0.2, 0) is 9.59 Å². The van der Waals surface area contributed by atoms with E-state index < -0.39 is 0 Å². The lowest BCUT2D eigenvalue weighted by molar-refractivity contribution is -0.118. The van der Waals surface area contributed by atoms with Gasteiger partial charge in [-0.1, -0.05) is 5.16 Å². The van der Waals surface area contributed by atoms with E-state index in [2.05, 4.69) is 48.4 Å². The Bertz CT molecular complexity index is 552. The molecule has 142 valence electrons. The number of amides is 2. The third-order valence-corrected chi connectivity index (χ3v) is 4.87. The van der Waals surface area contributed by atoms with Crippen LogP contribution in [0.3, 0.4) is 0 Å². The molecular formula is C17H30N4O3S. The summed E-state index contributed by atoms with van der Waals surface area (Å²) in [7, 11) is 0. The molecule has 1 aromatic rings. The Morgan fingerprint density at radius 1 is 1.24 bits per heavy atom. The number of hydrogen-bond acceptors (Lipinski definition) is 6. The van der Waals surface area contributed by atoms with Gasteiger partial charge in [0.05, 0.1) is 11.0 Å². The maximum atomic E-state index is 12.0. The minimum atomic E-state index is -0.356. The van der Waals surface area contributed by atoms with Gasteiger partial charge in [0.25, 0.3) is 0 Å². The Balaban J connectivity index is 2.27. The van der Waals surface area contributed by atoms with Crippen LogP contribution in [0.1, 0.15) is 40.4 Å². The fourth-order valence-electron chi connectivity index (χ4n) is 2.42. The summed E-state index contributed by atoms with van der Waals surface area (Å²) in [6.45, 7) is 13.5. The van der Waals surface area contributed by atoms with Crippen LogP contribution in [-0.4, -0.2) is 58.0 Å². The second-order valence-electron chi connectivity index (χ2n) is 6.54. The molecule has 0 spiro atoms.